The number of rotatable bonds is 3. The summed E-state index contributed by atoms with van der Waals surface area (Å²) in [5.41, 5.74) is -0.142. The standard InChI is InChI=1S/C11H10F3NO/c12-8-1-2-9(10(13)3-8)11(14)7-4-15(5-7)6-16/h1-3,6-7,11H,4-5H2. The van der Waals surface area contributed by atoms with E-state index in [1.54, 1.807) is 0 Å². The molecule has 0 aromatic heterocycles. The van der Waals surface area contributed by atoms with Gasteiger partial charge in [-0.3, -0.25) is 4.79 Å². The minimum atomic E-state index is -1.49. The maximum Gasteiger partial charge on any atom is 0.209 e. The second-order valence-corrected chi connectivity index (χ2v) is 3.89. The Morgan fingerprint density at radius 3 is 2.62 bits per heavy atom. The lowest BCUT2D eigenvalue weighted by molar-refractivity contribution is -0.125. The minimum Gasteiger partial charge on any atom is -0.344 e. The fourth-order valence-electron chi connectivity index (χ4n) is 1.80. The zero-order valence-corrected chi connectivity index (χ0v) is 8.37. The Morgan fingerprint density at radius 2 is 2.06 bits per heavy atom. The number of carbonyl (C=O) groups is 1. The molecule has 1 saturated heterocycles. The normalized spacial score (nSPS) is 18.1. The quantitative estimate of drug-likeness (QED) is 0.726. The Bertz CT molecular complexity index is 404. The molecule has 1 aromatic carbocycles. The zero-order chi connectivity index (χ0) is 11.7. The monoisotopic (exact) mass is 229 g/mol. The summed E-state index contributed by atoms with van der Waals surface area (Å²) >= 11 is 0. The van der Waals surface area contributed by atoms with Crippen molar-refractivity contribution in [1.29, 1.82) is 0 Å². The van der Waals surface area contributed by atoms with Crippen LogP contribution in [0.15, 0.2) is 18.2 Å². The number of carbonyl (C=O) groups excluding carboxylic acids is 1. The first-order valence-corrected chi connectivity index (χ1v) is 4.90. The number of hydrogen-bond donors (Lipinski definition) is 0. The molecule has 16 heavy (non-hydrogen) atoms. The maximum atomic E-state index is 13.8. The topological polar surface area (TPSA) is 20.3 Å². The van der Waals surface area contributed by atoms with Gasteiger partial charge in [0.1, 0.15) is 17.8 Å². The number of likely N-dealkylation sites (tertiary alicyclic amines) is 1. The van der Waals surface area contributed by atoms with Gasteiger partial charge >= 0.3 is 0 Å². The molecule has 1 fully saturated rings. The molecular weight excluding hydrogens is 219 g/mol. The van der Waals surface area contributed by atoms with Crippen molar-refractivity contribution < 1.29 is 18.0 Å². The van der Waals surface area contributed by atoms with Crippen molar-refractivity contribution in [3.8, 4) is 0 Å². The average Bonchev–Trinajstić information content (AvgIpc) is 2.15. The molecule has 1 heterocycles. The maximum absolute atomic E-state index is 13.8. The van der Waals surface area contributed by atoms with Gasteiger partial charge in [0, 0.05) is 30.6 Å². The first-order valence-electron chi connectivity index (χ1n) is 4.90. The van der Waals surface area contributed by atoms with Crippen LogP contribution in [0.2, 0.25) is 0 Å². The van der Waals surface area contributed by atoms with Gasteiger partial charge in [-0.25, -0.2) is 13.2 Å². The lowest BCUT2D eigenvalue weighted by Gasteiger charge is -2.38. The third-order valence-electron chi connectivity index (χ3n) is 2.76. The van der Waals surface area contributed by atoms with Crippen LogP contribution in [0.3, 0.4) is 0 Å². The Morgan fingerprint density at radius 1 is 1.38 bits per heavy atom. The van der Waals surface area contributed by atoms with E-state index in [0.29, 0.717) is 12.5 Å². The van der Waals surface area contributed by atoms with E-state index in [9.17, 15) is 18.0 Å². The summed E-state index contributed by atoms with van der Waals surface area (Å²) in [6.07, 6.45) is -0.860. The molecule has 1 aliphatic heterocycles. The first kappa shape index (κ1) is 11.0. The van der Waals surface area contributed by atoms with Crippen LogP contribution >= 0.6 is 0 Å². The van der Waals surface area contributed by atoms with Crippen LogP contribution < -0.4 is 0 Å². The predicted molar refractivity (Wildman–Crippen MR) is 51.3 cm³/mol. The van der Waals surface area contributed by atoms with Crippen LogP contribution in [-0.2, 0) is 4.79 Å². The van der Waals surface area contributed by atoms with Crippen LogP contribution in [0.25, 0.3) is 0 Å². The number of hydrogen-bond acceptors (Lipinski definition) is 1. The van der Waals surface area contributed by atoms with E-state index in [1.165, 1.54) is 4.90 Å². The van der Waals surface area contributed by atoms with E-state index in [2.05, 4.69) is 0 Å². The Labute approximate surface area is 90.7 Å². The summed E-state index contributed by atoms with van der Waals surface area (Å²) in [4.78, 5) is 11.7. The fourth-order valence-corrected chi connectivity index (χ4v) is 1.80. The van der Waals surface area contributed by atoms with Crippen molar-refractivity contribution >= 4 is 6.41 Å². The molecule has 0 aliphatic carbocycles. The van der Waals surface area contributed by atoms with E-state index in [0.717, 1.165) is 12.1 Å². The molecule has 1 aliphatic rings. The van der Waals surface area contributed by atoms with Gasteiger partial charge in [0.2, 0.25) is 6.41 Å². The van der Waals surface area contributed by atoms with Gasteiger partial charge in [-0.15, -0.1) is 0 Å². The second-order valence-electron chi connectivity index (χ2n) is 3.89. The molecule has 1 aromatic rings. The van der Waals surface area contributed by atoms with Gasteiger partial charge in [-0.05, 0) is 6.07 Å². The molecule has 86 valence electrons. The highest BCUT2D eigenvalue weighted by Crippen LogP contribution is 2.33. The summed E-state index contributed by atoms with van der Waals surface area (Å²) in [5, 5.41) is 0. The number of nitrogens with zero attached hydrogens (tertiary/aromatic N) is 1. The van der Waals surface area contributed by atoms with Gasteiger partial charge in [0.05, 0.1) is 0 Å². The van der Waals surface area contributed by atoms with Gasteiger partial charge in [0.25, 0.3) is 0 Å². The van der Waals surface area contributed by atoms with Crippen LogP contribution in [0.4, 0.5) is 13.2 Å². The summed E-state index contributed by atoms with van der Waals surface area (Å²) in [6.45, 7) is 0.558. The molecule has 1 unspecified atom stereocenters. The molecule has 1 amide bonds. The van der Waals surface area contributed by atoms with Crippen molar-refractivity contribution in [3.05, 3.63) is 35.4 Å². The molecule has 0 bridgehead atoms. The highest BCUT2D eigenvalue weighted by atomic mass is 19.1. The van der Waals surface area contributed by atoms with Crippen LogP contribution in [0.1, 0.15) is 11.7 Å². The third-order valence-corrected chi connectivity index (χ3v) is 2.76. The largest absolute Gasteiger partial charge is 0.344 e. The molecule has 0 radical (unpaired) electrons. The van der Waals surface area contributed by atoms with Gasteiger partial charge in [0.15, 0.2) is 0 Å². The molecular formula is C11H10F3NO. The van der Waals surface area contributed by atoms with Crippen molar-refractivity contribution in [2.75, 3.05) is 13.1 Å². The van der Waals surface area contributed by atoms with E-state index in [1.807, 2.05) is 0 Å². The highest BCUT2D eigenvalue weighted by Gasteiger charge is 2.35. The number of alkyl halides is 1. The van der Waals surface area contributed by atoms with Crippen molar-refractivity contribution in [1.82, 2.24) is 4.90 Å². The Hall–Kier alpha value is -1.52. The molecule has 0 N–H and O–H groups in total. The molecule has 0 spiro atoms. The first-order chi connectivity index (χ1) is 7.61. The number of halogens is 3. The van der Waals surface area contributed by atoms with E-state index in [4.69, 9.17) is 0 Å². The lowest BCUT2D eigenvalue weighted by atomic mass is 9.90. The summed E-state index contributed by atoms with van der Waals surface area (Å²) in [6, 6.07) is 2.80. The van der Waals surface area contributed by atoms with E-state index < -0.39 is 23.7 Å². The average molecular weight is 229 g/mol. The van der Waals surface area contributed by atoms with Crippen LogP contribution in [0, 0.1) is 17.6 Å². The summed E-state index contributed by atoms with van der Waals surface area (Å²) in [7, 11) is 0. The van der Waals surface area contributed by atoms with Crippen LogP contribution in [0.5, 0.6) is 0 Å². The number of amides is 1. The Kier molecular flexibility index (Phi) is 2.85. The molecule has 2 nitrogen and oxygen atoms in total. The smallest absolute Gasteiger partial charge is 0.209 e. The predicted octanol–water partition coefficient (Wildman–Crippen LogP) is 2.06. The SMILES string of the molecule is O=CN1CC(C(F)c2ccc(F)cc2F)C1. The van der Waals surface area contributed by atoms with Gasteiger partial charge < -0.3 is 4.90 Å². The molecule has 2 rings (SSSR count). The molecule has 0 saturated carbocycles. The van der Waals surface area contributed by atoms with Gasteiger partial charge in [-0.1, -0.05) is 6.07 Å². The lowest BCUT2D eigenvalue weighted by Crippen LogP contribution is -2.47. The van der Waals surface area contributed by atoms with Crippen molar-refractivity contribution in [2.45, 2.75) is 6.17 Å². The van der Waals surface area contributed by atoms with Gasteiger partial charge in [-0.2, -0.15) is 0 Å². The van der Waals surface area contributed by atoms with Crippen LogP contribution in [-0.4, -0.2) is 24.4 Å². The summed E-state index contributed by atoms with van der Waals surface area (Å²) in [5.74, 6) is -2.00. The van der Waals surface area contributed by atoms with E-state index in [-0.39, 0.29) is 18.7 Å². The Balaban J connectivity index is 2.09. The second kappa shape index (κ2) is 4.15. The highest BCUT2D eigenvalue weighted by molar-refractivity contribution is 5.48. The molecule has 1 atom stereocenters. The zero-order valence-electron chi connectivity index (χ0n) is 8.37. The summed E-state index contributed by atoms with van der Waals surface area (Å²) < 4.78 is 39.6. The van der Waals surface area contributed by atoms with Crippen molar-refractivity contribution in [3.63, 3.8) is 0 Å². The minimum absolute atomic E-state index is 0.142. The fraction of sp³-hybridized carbons (Fsp3) is 0.364. The molecule has 5 heteroatoms. The number of benzene rings is 1. The van der Waals surface area contributed by atoms with E-state index >= 15 is 0 Å². The van der Waals surface area contributed by atoms with Crippen molar-refractivity contribution in [2.24, 2.45) is 5.92 Å². The third kappa shape index (κ3) is 1.89.